The molecule has 2 rings (SSSR count). The highest BCUT2D eigenvalue weighted by molar-refractivity contribution is 6.01. The zero-order valence-electron chi connectivity index (χ0n) is 13.1. The standard InChI is InChI=1S/C17H17FN2O3/c1-11(13-6-4-5-7-14(13)18)19-20-17(21)12-8-9-15(22-2)16(10-12)23-3/h4-10H,1-3H3,(H,20,21)/b19-11+. The summed E-state index contributed by atoms with van der Waals surface area (Å²) in [5.41, 5.74) is 3.46. The number of amides is 1. The predicted molar refractivity (Wildman–Crippen MR) is 85.6 cm³/mol. The van der Waals surface area contributed by atoms with Crippen molar-refractivity contribution in [3.05, 3.63) is 59.4 Å². The summed E-state index contributed by atoms with van der Waals surface area (Å²) in [6, 6.07) is 11.0. The van der Waals surface area contributed by atoms with Gasteiger partial charge < -0.3 is 9.47 Å². The van der Waals surface area contributed by atoms with Crippen LogP contribution < -0.4 is 14.9 Å². The lowest BCUT2D eigenvalue weighted by Gasteiger charge is -2.09. The van der Waals surface area contributed by atoms with Crippen LogP contribution in [-0.4, -0.2) is 25.8 Å². The maximum Gasteiger partial charge on any atom is 0.271 e. The Balaban J connectivity index is 2.16. The molecule has 0 spiro atoms. The van der Waals surface area contributed by atoms with E-state index in [1.807, 2.05) is 0 Å². The summed E-state index contributed by atoms with van der Waals surface area (Å²) < 4.78 is 23.9. The van der Waals surface area contributed by atoms with Gasteiger partial charge in [-0.05, 0) is 31.2 Å². The summed E-state index contributed by atoms with van der Waals surface area (Å²) in [5, 5.41) is 3.93. The average Bonchev–Trinajstić information content (AvgIpc) is 2.59. The molecule has 0 aliphatic heterocycles. The molecule has 1 N–H and O–H groups in total. The molecule has 1 amide bonds. The van der Waals surface area contributed by atoms with E-state index in [1.54, 1.807) is 43.3 Å². The third-order valence-electron chi connectivity index (χ3n) is 3.23. The molecule has 0 atom stereocenters. The van der Waals surface area contributed by atoms with Crippen LogP contribution in [0.5, 0.6) is 11.5 Å². The van der Waals surface area contributed by atoms with Crippen molar-refractivity contribution in [2.24, 2.45) is 5.10 Å². The minimum absolute atomic E-state index is 0.333. The fourth-order valence-corrected chi connectivity index (χ4v) is 1.99. The van der Waals surface area contributed by atoms with Gasteiger partial charge in [0.2, 0.25) is 0 Å². The van der Waals surface area contributed by atoms with Gasteiger partial charge in [-0.15, -0.1) is 0 Å². The van der Waals surface area contributed by atoms with E-state index in [9.17, 15) is 9.18 Å². The number of carbonyl (C=O) groups is 1. The second kappa shape index (κ2) is 7.40. The zero-order valence-corrected chi connectivity index (χ0v) is 13.1. The minimum atomic E-state index is -0.429. The third-order valence-corrected chi connectivity index (χ3v) is 3.23. The Morgan fingerprint density at radius 1 is 1.09 bits per heavy atom. The molecule has 0 unspecified atom stereocenters. The van der Waals surface area contributed by atoms with Crippen molar-refractivity contribution < 1.29 is 18.7 Å². The van der Waals surface area contributed by atoms with E-state index in [0.29, 0.717) is 28.3 Å². The van der Waals surface area contributed by atoms with Crippen LogP contribution >= 0.6 is 0 Å². The Labute approximate surface area is 133 Å². The number of rotatable bonds is 5. The van der Waals surface area contributed by atoms with Gasteiger partial charge in [-0.25, -0.2) is 9.82 Å². The number of hydrogen-bond acceptors (Lipinski definition) is 4. The Kier molecular flexibility index (Phi) is 5.30. The number of ether oxygens (including phenoxy) is 2. The Morgan fingerprint density at radius 3 is 2.43 bits per heavy atom. The Morgan fingerprint density at radius 2 is 1.78 bits per heavy atom. The molecular weight excluding hydrogens is 299 g/mol. The first kappa shape index (κ1) is 16.5. The van der Waals surface area contributed by atoms with Crippen LogP contribution in [0.15, 0.2) is 47.6 Å². The van der Waals surface area contributed by atoms with Gasteiger partial charge >= 0.3 is 0 Å². The van der Waals surface area contributed by atoms with E-state index in [2.05, 4.69) is 10.5 Å². The number of halogens is 1. The van der Waals surface area contributed by atoms with Crippen molar-refractivity contribution in [3.63, 3.8) is 0 Å². The molecule has 0 aliphatic rings. The SMILES string of the molecule is COc1ccc(C(=O)N/N=C(\C)c2ccccc2F)cc1OC. The molecule has 0 saturated heterocycles. The average molecular weight is 316 g/mol. The van der Waals surface area contributed by atoms with Crippen molar-refractivity contribution in [1.82, 2.24) is 5.43 Å². The summed E-state index contributed by atoms with van der Waals surface area (Å²) in [6.07, 6.45) is 0. The molecule has 2 aromatic rings. The smallest absolute Gasteiger partial charge is 0.271 e. The number of nitrogens with one attached hydrogen (secondary N) is 1. The van der Waals surface area contributed by atoms with Crippen molar-refractivity contribution in [2.45, 2.75) is 6.92 Å². The molecule has 6 heteroatoms. The van der Waals surface area contributed by atoms with Crippen LogP contribution in [0.1, 0.15) is 22.8 Å². The van der Waals surface area contributed by atoms with Crippen molar-refractivity contribution >= 4 is 11.6 Å². The van der Waals surface area contributed by atoms with Crippen LogP contribution in [0.25, 0.3) is 0 Å². The molecule has 0 fully saturated rings. The highest BCUT2D eigenvalue weighted by atomic mass is 19.1. The van der Waals surface area contributed by atoms with Gasteiger partial charge in [0.1, 0.15) is 5.82 Å². The quantitative estimate of drug-likeness (QED) is 0.681. The number of benzene rings is 2. The van der Waals surface area contributed by atoms with Gasteiger partial charge in [-0.3, -0.25) is 4.79 Å². The maximum absolute atomic E-state index is 13.6. The Bertz CT molecular complexity index is 744. The lowest BCUT2D eigenvalue weighted by molar-refractivity contribution is 0.0954. The fourth-order valence-electron chi connectivity index (χ4n) is 1.99. The first-order chi connectivity index (χ1) is 11.1. The van der Waals surface area contributed by atoms with Gasteiger partial charge in [0, 0.05) is 11.1 Å². The first-order valence-electron chi connectivity index (χ1n) is 6.88. The van der Waals surface area contributed by atoms with Crippen LogP contribution in [0.3, 0.4) is 0 Å². The summed E-state index contributed by atoms with van der Waals surface area (Å²) in [4.78, 5) is 12.1. The predicted octanol–water partition coefficient (Wildman–Crippen LogP) is 3.00. The zero-order chi connectivity index (χ0) is 16.8. The molecule has 0 aromatic heterocycles. The summed E-state index contributed by atoms with van der Waals surface area (Å²) in [7, 11) is 3.00. The number of nitrogens with zero attached hydrogens (tertiary/aromatic N) is 1. The second-order valence-electron chi connectivity index (χ2n) is 4.69. The lowest BCUT2D eigenvalue weighted by atomic mass is 10.1. The van der Waals surface area contributed by atoms with Crippen LogP contribution in [-0.2, 0) is 0 Å². The number of methoxy groups -OCH3 is 2. The van der Waals surface area contributed by atoms with Crippen molar-refractivity contribution in [1.29, 1.82) is 0 Å². The van der Waals surface area contributed by atoms with E-state index in [-0.39, 0.29) is 0 Å². The largest absolute Gasteiger partial charge is 0.493 e. The molecule has 0 aliphatic carbocycles. The molecule has 2 aromatic carbocycles. The number of carbonyl (C=O) groups excluding carboxylic acids is 1. The molecule has 5 nitrogen and oxygen atoms in total. The molecule has 23 heavy (non-hydrogen) atoms. The van der Waals surface area contributed by atoms with Crippen LogP contribution in [0.4, 0.5) is 4.39 Å². The molecule has 0 saturated carbocycles. The highest BCUT2D eigenvalue weighted by Crippen LogP contribution is 2.27. The van der Waals surface area contributed by atoms with E-state index < -0.39 is 11.7 Å². The molecule has 0 heterocycles. The minimum Gasteiger partial charge on any atom is -0.493 e. The normalized spacial score (nSPS) is 11.0. The summed E-state index contributed by atoms with van der Waals surface area (Å²) >= 11 is 0. The van der Waals surface area contributed by atoms with E-state index in [4.69, 9.17) is 9.47 Å². The van der Waals surface area contributed by atoms with Gasteiger partial charge in [-0.1, -0.05) is 18.2 Å². The van der Waals surface area contributed by atoms with E-state index in [0.717, 1.165) is 0 Å². The molecule has 120 valence electrons. The van der Waals surface area contributed by atoms with Crippen molar-refractivity contribution in [2.75, 3.05) is 14.2 Å². The van der Waals surface area contributed by atoms with Gasteiger partial charge in [-0.2, -0.15) is 5.10 Å². The topological polar surface area (TPSA) is 59.9 Å². The van der Waals surface area contributed by atoms with Crippen LogP contribution in [0.2, 0.25) is 0 Å². The monoisotopic (exact) mass is 316 g/mol. The highest BCUT2D eigenvalue weighted by Gasteiger charge is 2.11. The number of hydrazone groups is 1. The van der Waals surface area contributed by atoms with Gasteiger partial charge in [0.25, 0.3) is 5.91 Å². The summed E-state index contributed by atoms with van der Waals surface area (Å²) in [5.74, 6) is 0.140. The Hall–Kier alpha value is -2.89. The van der Waals surface area contributed by atoms with Gasteiger partial charge in [0.05, 0.1) is 19.9 Å². The second-order valence-corrected chi connectivity index (χ2v) is 4.69. The van der Waals surface area contributed by atoms with E-state index in [1.165, 1.54) is 20.3 Å². The molecule has 0 radical (unpaired) electrons. The summed E-state index contributed by atoms with van der Waals surface area (Å²) in [6.45, 7) is 1.62. The first-order valence-corrected chi connectivity index (χ1v) is 6.88. The van der Waals surface area contributed by atoms with Gasteiger partial charge in [0.15, 0.2) is 11.5 Å². The third kappa shape index (κ3) is 3.85. The van der Waals surface area contributed by atoms with Crippen LogP contribution in [0, 0.1) is 5.82 Å². The fraction of sp³-hybridized carbons (Fsp3) is 0.176. The maximum atomic E-state index is 13.6. The molecule has 0 bridgehead atoms. The molecular formula is C17H17FN2O3. The van der Waals surface area contributed by atoms with Crippen molar-refractivity contribution in [3.8, 4) is 11.5 Å². The lowest BCUT2D eigenvalue weighted by Crippen LogP contribution is -2.19. The number of hydrogen-bond donors (Lipinski definition) is 1. The van der Waals surface area contributed by atoms with E-state index >= 15 is 0 Å².